The van der Waals surface area contributed by atoms with Crippen molar-refractivity contribution < 1.29 is 14.3 Å². The van der Waals surface area contributed by atoms with Gasteiger partial charge in [0.25, 0.3) is 0 Å². The number of hydrogen-bond donors (Lipinski definition) is 1. The van der Waals surface area contributed by atoms with Crippen LogP contribution in [0.1, 0.15) is 41.5 Å². The van der Waals surface area contributed by atoms with Gasteiger partial charge in [0.05, 0.1) is 6.04 Å². The lowest BCUT2D eigenvalue weighted by Gasteiger charge is -2.20. The molecule has 0 spiro atoms. The fourth-order valence-corrected chi connectivity index (χ4v) is 4.76. The number of carbonyl (C=O) groups excluding carboxylic acids is 2. The standard InChI is InChI=1S/C27H25NO3/c29-16-20-14-19(20)15-26(18-8-2-1-3-9-18)28-27(30)31-17-25-23-12-6-4-10-21(23)22-11-5-7-13-24(22)25/h1-13,16,19-20,25-26H,14-15,17H2,(H,28,30)/t19-,20+,26-/m0/s1. The van der Waals surface area contributed by atoms with Crippen LogP contribution in [0.15, 0.2) is 78.9 Å². The molecule has 0 unspecified atom stereocenters. The van der Waals surface area contributed by atoms with Gasteiger partial charge in [0.1, 0.15) is 12.9 Å². The molecular weight excluding hydrogens is 386 g/mol. The average Bonchev–Trinajstić information content (AvgIpc) is 3.50. The summed E-state index contributed by atoms with van der Waals surface area (Å²) in [5.74, 6) is 0.489. The minimum Gasteiger partial charge on any atom is -0.449 e. The predicted molar refractivity (Wildman–Crippen MR) is 120 cm³/mol. The second kappa shape index (κ2) is 8.38. The van der Waals surface area contributed by atoms with E-state index in [4.69, 9.17) is 4.74 Å². The Hall–Kier alpha value is -3.40. The van der Waals surface area contributed by atoms with Crippen LogP contribution in [0.2, 0.25) is 0 Å². The number of nitrogens with one attached hydrogen (secondary N) is 1. The Morgan fingerprint density at radius 3 is 2.16 bits per heavy atom. The van der Waals surface area contributed by atoms with E-state index in [1.165, 1.54) is 22.3 Å². The highest BCUT2D eigenvalue weighted by atomic mass is 16.5. The topological polar surface area (TPSA) is 55.4 Å². The maximum atomic E-state index is 12.8. The van der Waals surface area contributed by atoms with Gasteiger partial charge in [-0.05, 0) is 46.6 Å². The summed E-state index contributed by atoms with van der Waals surface area (Å²) in [5, 5.41) is 3.04. The van der Waals surface area contributed by atoms with Crippen LogP contribution >= 0.6 is 0 Å². The summed E-state index contributed by atoms with van der Waals surface area (Å²) in [7, 11) is 0. The molecule has 0 aliphatic heterocycles. The molecule has 2 aliphatic rings. The number of fused-ring (bicyclic) bond motifs is 3. The molecule has 1 saturated carbocycles. The van der Waals surface area contributed by atoms with Gasteiger partial charge >= 0.3 is 6.09 Å². The van der Waals surface area contributed by atoms with Crippen LogP contribution in [0.4, 0.5) is 4.79 Å². The maximum Gasteiger partial charge on any atom is 0.407 e. The first kappa shape index (κ1) is 19.6. The molecule has 3 atom stereocenters. The first-order chi connectivity index (χ1) is 15.2. The Kier molecular flexibility index (Phi) is 5.29. The molecule has 0 saturated heterocycles. The molecule has 3 aromatic rings. The van der Waals surface area contributed by atoms with E-state index in [0.717, 1.165) is 24.7 Å². The average molecular weight is 412 g/mol. The van der Waals surface area contributed by atoms with Crippen molar-refractivity contribution in [3.63, 3.8) is 0 Å². The van der Waals surface area contributed by atoms with Crippen LogP contribution in [0.3, 0.4) is 0 Å². The summed E-state index contributed by atoms with van der Waals surface area (Å²) in [6, 6.07) is 26.4. The lowest BCUT2D eigenvalue weighted by molar-refractivity contribution is -0.109. The molecule has 0 radical (unpaired) electrons. The summed E-state index contributed by atoms with van der Waals surface area (Å²) in [6.45, 7) is 0.293. The molecule has 5 rings (SSSR count). The molecule has 156 valence electrons. The second-order valence-corrected chi connectivity index (χ2v) is 8.46. The highest BCUT2D eigenvalue weighted by Gasteiger charge is 2.39. The van der Waals surface area contributed by atoms with E-state index >= 15 is 0 Å². The highest BCUT2D eigenvalue weighted by Crippen LogP contribution is 2.45. The minimum atomic E-state index is -0.418. The van der Waals surface area contributed by atoms with Gasteiger partial charge in [-0.25, -0.2) is 4.79 Å². The Labute approximate surface area is 182 Å². The predicted octanol–water partition coefficient (Wildman–Crippen LogP) is 5.49. The molecule has 4 heteroatoms. The van der Waals surface area contributed by atoms with Gasteiger partial charge in [-0.2, -0.15) is 0 Å². The molecule has 3 aromatic carbocycles. The summed E-state index contributed by atoms with van der Waals surface area (Å²) in [4.78, 5) is 23.8. The zero-order chi connectivity index (χ0) is 21.2. The van der Waals surface area contributed by atoms with E-state index in [9.17, 15) is 9.59 Å². The second-order valence-electron chi connectivity index (χ2n) is 8.46. The number of rotatable bonds is 7. The molecule has 31 heavy (non-hydrogen) atoms. The largest absolute Gasteiger partial charge is 0.449 e. The molecular formula is C27H25NO3. The molecule has 2 aliphatic carbocycles. The van der Waals surface area contributed by atoms with Crippen LogP contribution in [-0.4, -0.2) is 19.0 Å². The van der Waals surface area contributed by atoms with Gasteiger partial charge in [-0.3, -0.25) is 0 Å². The minimum absolute atomic E-state index is 0.0381. The quantitative estimate of drug-likeness (QED) is 0.523. The van der Waals surface area contributed by atoms with Crippen LogP contribution in [0.5, 0.6) is 0 Å². The Morgan fingerprint density at radius 1 is 0.935 bits per heavy atom. The van der Waals surface area contributed by atoms with Crippen molar-refractivity contribution in [3.05, 3.63) is 95.6 Å². The van der Waals surface area contributed by atoms with E-state index in [-0.39, 0.29) is 17.9 Å². The third kappa shape index (κ3) is 3.98. The zero-order valence-electron chi connectivity index (χ0n) is 17.2. The van der Waals surface area contributed by atoms with Crippen LogP contribution < -0.4 is 5.32 Å². The summed E-state index contributed by atoms with van der Waals surface area (Å²) in [6.07, 6.45) is 2.26. The third-order valence-electron chi connectivity index (χ3n) is 6.53. The van der Waals surface area contributed by atoms with Gasteiger partial charge in [-0.1, -0.05) is 78.9 Å². The lowest BCUT2D eigenvalue weighted by Crippen LogP contribution is -2.30. The van der Waals surface area contributed by atoms with Crippen molar-refractivity contribution in [1.29, 1.82) is 0 Å². The molecule has 4 nitrogen and oxygen atoms in total. The lowest BCUT2D eigenvalue weighted by atomic mass is 9.98. The van der Waals surface area contributed by atoms with Gasteiger partial charge in [-0.15, -0.1) is 0 Å². The van der Waals surface area contributed by atoms with E-state index in [0.29, 0.717) is 12.5 Å². The smallest absolute Gasteiger partial charge is 0.407 e. The van der Waals surface area contributed by atoms with E-state index in [1.54, 1.807) is 0 Å². The van der Waals surface area contributed by atoms with Gasteiger partial charge in [0.15, 0.2) is 0 Å². The first-order valence-corrected chi connectivity index (χ1v) is 10.9. The van der Waals surface area contributed by atoms with Crippen molar-refractivity contribution in [2.45, 2.75) is 24.8 Å². The van der Waals surface area contributed by atoms with Crippen molar-refractivity contribution in [2.75, 3.05) is 6.61 Å². The third-order valence-corrected chi connectivity index (χ3v) is 6.53. The van der Waals surface area contributed by atoms with E-state index in [1.807, 2.05) is 54.6 Å². The summed E-state index contributed by atoms with van der Waals surface area (Å²) in [5.41, 5.74) is 5.85. The van der Waals surface area contributed by atoms with Crippen molar-refractivity contribution >= 4 is 12.4 Å². The number of benzene rings is 3. The molecule has 1 fully saturated rings. The number of amides is 1. The molecule has 1 amide bonds. The van der Waals surface area contributed by atoms with Gasteiger partial charge in [0.2, 0.25) is 0 Å². The van der Waals surface area contributed by atoms with Crippen LogP contribution in [0, 0.1) is 11.8 Å². The molecule has 0 bridgehead atoms. The maximum absolute atomic E-state index is 12.8. The highest BCUT2D eigenvalue weighted by molar-refractivity contribution is 5.79. The SMILES string of the molecule is O=C[C@H]1C[C@H]1C[C@H](NC(=O)OCC1c2ccccc2-c2ccccc21)c1ccccc1. The van der Waals surface area contributed by atoms with E-state index < -0.39 is 6.09 Å². The number of hydrogen-bond acceptors (Lipinski definition) is 3. The van der Waals surface area contributed by atoms with Crippen LogP contribution in [-0.2, 0) is 9.53 Å². The fraction of sp³-hybridized carbons (Fsp3) is 0.259. The number of aldehydes is 1. The van der Waals surface area contributed by atoms with Gasteiger partial charge in [0, 0.05) is 11.8 Å². The number of carbonyl (C=O) groups is 2. The molecule has 1 N–H and O–H groups in total. The van der Waals surface area contributed by atoms with Crippen molar-refractivity contribution in [3.8, 4) is 11.1 Å². The Balaban J connectivity index is 1.28. The van der Waals surface area contributed by atoms with Gasteiger partial charge < -0.3 is 14.8 Å². The van der Waals surface area contributed by atoms with Crippen molar-refractivity contribution in [2.24, 2.45) is 11.8 Å². The van der Waals surface area contributed by atoms with E-state index in [2.05, 4.69) is 29.6 Å². The summed E-state index contributed by atoms with van der Waals surface area (Å²) < 4.78 is 5.73. The number of ether oxygens (including phenoxy) is 1. The number of alkyl carbamates (subject to hydrolysis) is 1. The summed E-state index contributed by atoms with van der Waals surface area (Å²) >= 11 is 0. The monoisotopic (exact) mass is 411 g/mol. The normalized spacial score (nSPS) is 19.7. The molecule has 0 aromatic heterocycles. The van der Waals surface area contributed by atoms with Crippen molar-refractivity contribution in [1.82, 2.24) is 5.32 Å². The fourth-order valence-electron chi connectivity index (χ4n) is 4.76. The van der Waals surface area contributed by atoms with Crippen LogP contribution in [0.25, 0.3) is 11.1 Å². The Morgan fingerprint density at radius 2 is 1.55 bits per heavy atom. The zero-order valence-corrected chi connectivity index (χ0v) is 17.2. The first-order valence-electron chi connectivity index (χ1n) is 10.9. The molecule has 0 heterocycles. The Bertz CT molecular complexity index is 1050.